The molecule has 0 bridgehead atoms. The molecule has 9 heteroatoms. The summed E-state index contributed by atoms with van der Waals surface area (Å²) >= 11 is 0. The smallest absolute Gasteiger partial charge is 0.488 e. The van der Waals surface area contributed by atoms with Crippen LogP contribution in [0.4, 0.5) is 13.2 Å². The molecule has 0 heterocycles. The Morgan fingerprint density at radius 1 is 1.22 bits per heavy atom. The fraction of sp³-hybridized carbons (Fsp3) is 0.389. The van der Waals surface area contributed by atoms with Gasteiger partial charge >= 0.3 is 15.6 Å². The molecule has 1 aliphatic carbocycles. The molecule has 0 fully saturated rings. The molecule has 0 aliphatic heterocycles. The molecular formula is C18H19F3O5S. The number of halogens is 3. The first kappa shape index (κ1) is 21.0. The van der Waals surface area contributed by atoms with E-state index in [1.165, 1.54) is 12.1 Å². The molecule has 0 amide bonds. The Balaban J connectivity index is 2.46. The average Bonchev–Trinajstić information content (AvgIpc) is 2.59. The van der Waals surface area contributed by atoms with E-state index in [1.807, 2.05) is 18.2 Å². The standard InChI is InChI=1S/C18H19F3O5S/c1-12(2)16-15(25-11-13-6-4-3-5-7-13)9-8-14(10-22)17(16)26-27(23,24)18(19,20)21/h4,6-10,12H,3,5,11H2,1-2H3. The number of carbonyl (C=O) groups excluding carboxylic acids is 1. The van der Waals surface area contributed by atoms with Crippen molar-refractivity contribution in [3.63, 3.8) is 0 Å². The summed E-state index contributed by atoms with van der Waals surface area (Å²) in [6.07, 6.45) is 7.84. The van der Waals surface area contributed by atoms with Gasteiger partial charge in [0.2, 0.25) is 0 Å². The SMILES string of the molecule is CC(C)c1c(OCC2=CCCC=C2)ccc(C=O)c1OS(=O)(=O)C(F)(F)F. The quantitative estimate of drug-likeness (QED) is 0.380. The van der Waals surface area contributed by atoms with Crippen LogP contribution < -0.4 is 8.92 Å². The summed E-state index contributed by atoms with van der Waals surface area (Å²) in [7, 11) is -5.93. The van der Waals surface area contributed by atoms with Crippen LogP contribution in [0.3, 0.4) is 0 Å². The highest BCUT2D eigenvalue weighted by molar-refractivity contribution is 7.88. The second-order valence-electron chi connectivity index (χ2n) is 6.20. The topological polar surface area (TPSA) is 69.7 Å². The van der Waals surface area contributed by atoms with Crippen LogP contribution in [0.1, 0.15) is 48.5 Å². The Morgan fingerprint density at radius 3 is 2.44 bits per heavy atom. The molecule has 148 valence electrons. The van der Waals surface area contributed by atoms with E-state index in [0.29, 0.717) is 0 Å². The monoisotopic (exact) mass is 404 g/mol. The Morgan fingerprint density at radius 2 is 1.93 bits per heavy atom. The van der Waals surface area contributed by atoms with Crippen LogP contribution in [0, 0.1) is 0 Å². The van der Waals surface area contributed by atoms with Gasteiger partial charge in [0.1, 0.15) is 12.4 Å². The number of benzene rings is 1. The minimum Gasteiger partial charge on any atom is -0.488 e. The molecular weight excluding hydrogens is 385 g/mol. The van der Waals surface area contributed by atoms with Crippen molar-refractivity contribution < 1.29 is 35.3 Å². The molecule has 1 aliphatic rings. The number of hydrogen-bond acceptors (Lipinski definition) is 5. The van der Waals surface area contributed by atoms with Gasteiger partial charge in [0, 0.05) is 5.56 Å². The van der Waals surface area contributed by atoms with E-state index in [9.17, 15) is 26.4 Å². The summed E-state index contributed by atoms with van der Waals surface area (Å²) in [5.74, 6) is -0.972. The lowest BCUT2D eigenvalue weighted by molar-refractivity contribution is -0.0500. The number of carbonyl (C=O) groups is 1. The van der Waals surface area contributed by atoms with Crippen molar-refractivity contribution in [3.8, 4) is 11.5 Å². The van der Waals surface area contributed by atoms with Crippen LogP contribution in [0.25, 0.3) is 0 Å². The molecule has 0 spiro atoms. The maximum absolute atomic E-state index is 12.7. The largest absolute Gasteiger partial charge is 0.534 e. The van der Waals surface area contributed by atoms with Gasteiger partial charge in [-0.2, -0.15) is 21.6 Å². The van der Waals surface area contributed by atoms with E-state index in [-0.39, 0.29) is 29.8 Å². The maximum atomic E-state index is 12.7. The lowest BCUT2D eigenvalue weighted by atomic mass is 9.98. The van der Waals surface area contributed by atoms with Gasteiger partial charge in [-0.3, -0.25) is 4.79 Å². The van der Waals surface area contributed by atoms with Crippen LogP contribution >= 0.6 is 0 Å². The lowest BCUT2D eigenvalue weighted by Gasteiger charge is -2.20. The van der Waals surface area contributed by atoms with Crippen LogP contribution in [-0.4, -0.2) is 26.8 Å². The molecule has 5 nitrogen and oxygen atoms in total. The number of rotatable bonds is 7. The van der Waals surface area contributed by atoms with E-state index < -0.39 is 27.3 Å². The lowest BCUT2D eigenvalue weighted by Crippen LogP contribution is -2.29. The van der Waals surface area contributed by atoms with Crippen LogP contribution in [0.5, 0.6) is 11.5 Å². The van der Waals surface area contributed by atoms with E-state index in [4.69, 9.17) is 4.74 Å². The third-order valence-electron chi connectivity index (χ3n) is 3.83. The zero-order valence-corrected chi connectivity index (χ0v) is 15.6. The van der Waals surface area contributed by atoms with E-state index in [0.717, 1.165) is 18.4 Å². The van der Waals surface area contributed by atoms with Crippen molar-refractivity contribution in [1.82, 2.24) is 0 Å². The van der Waals surface area contributed by atoms with Crippen molar-refractivity contribution in [2.75, 3.05) is 6.61 Å². The van der Waals surface area contributed by atoms with Gasteiger partial charge in [-0.15, -0.1) is 0 Å². The van der Waals surface area contributed by atoms with Gasteiger partial charge in [0.05, 0.1) is 5.56 Å². The van der Waals surface area contributed by atoms with E-state index in [1.54, 1.807) is 13.8 Å². The second kappa shape index (κ2) is 8.16. The fourth-order valence-corrected chi connectivity index (χ4v) is 3.05. The third kappa shape index (κ3) is 4.91. The third-order valence-corrected chi connectivity index (χ3v) is 4.79. The van der Waals surface area contributed by atoms with Crippen LogP contribution in [0.2, 0.25) is 0 Å². The molecule has 0 aromatic heterocycles. The van der Waals surface area contributed by atoms with Crippen molar-refractivity contribution in [3.05, 3.63) is 47.1 Å². The van der Waals surface area contributed by atoms with Gasteiger partial charge in [-0.25, -0.2) is 0 Å². The summed E-state index contributed by atoms with van der Waals surface area (Å²) < 4.78 is 71.1. The highest BCUT2D eigenvalue weighted by Crippen LogP contribution is 2.40. The highest BCUT2D eigenvalue weighted by Gasteiger charge is 2.49. The first-order chi connectivity index (χ1) is 12.6. The highest BCUT2D eigenvalue weighted by atomic mass is 32.2. The van der Waals surface area contributed by atoms with Crippen LogP contribution in [0.15, 0.2) is 35.9 Å². The summed E-state index contributed by atoms with van der Waals surface area (Å²) in [4.78, 5) is 11.2. The minimum absolute atomic E-state index is 0.0767. The number of ether oxygens (including phenoxy) is 1. The van der Waals surface area contributed by atoms with Gasteiger partial charge in [0.25, 0.3) is 0 Å². The van der Waals surface area contributed by atoms with Crippen molar-refractivity contribution in [2.24, 2.45) is 0 Å². The fourth-order valence-electron chi connectivity index (χ4n) is 2.55. The molecule has 1 aromatic rings. The molecule has 2 rings (SSSR count). The van der Waals surface area contributed by atoms with Gasteiger partial charge < -0.3 is 8.92 Å². The van der Waals surface area contributed by atoms with Gasteiger partial charge in [0.15, 0.2) is 12.0 Å². The molecule has 0 saturated heterocycles. The summed E-state index contributed by atoms with van der Waals surface area (Å²) in [5.41, 5.74) is -4.96. The van der Waals surface area contributed by atoms with Gasteiger partial charge in [-0.1, -0.05) is 32.1 Å². The minimum atomic E-state index is -5.93. The number of alkyl halides is 3. The Kier molecular flexibility index (Phi) is 6.35. The van der Waals surface area contributed by atoms with Crippen molar-refractivity contribution in [2.45, 2.75) is 38.1 Å². The summed E-state index contributed by atoms with van der Waals surface area (Å²) in [6, 6.07) is 2.58. The molecule has 0 saturated carbocycles. The first-order valence-corrected chi connectivity index (χ1v) is 9.59. The van der Waals surface area contributed by atoms with E-state index in [2.05, 4.69) is 4.18 Å². The zero-order chi connectivity index (χ0) is 20.2. The summed E-state index contributed by atoms with van der Waals surface area (Å²) in [5, 5.41) is 0. The summed E-state index contributed by atoms with van der Waals surface area (Å²) in [6.45, 7) is 3.41. The number of allylic oxidation sites excluding steroid dienone is 2. The Bertz CT molecular complexity index is 868. The molecule has 0 radical (unpaired) electrons. The Hall–Kier alpha value is -2.29. The van der Waals surface area contributed by atoms with Gasteiger partial charge in [-0.05, 0) is 36.5 Å². The van der Waals surface area contributed by atoms with Crippen molar-refractivity contribution in [1.29, 1.82) is 0 Å². The predicted molar refractivity (Wildman–Crippen MR) is 93.5 cm³/mol. The number of aldehydes is 1. The molecule has 1 aromatic carbocycles. The maximum Gasteiger partial charge on any atom is 0.534 e. The van der Waals surface area contributed by atoms with E-state index >= 15 is 0 Å². The molecule has 0 N–H and O–H groups in total. The molecule has 27 heavy (non-hydrogen) atoms. The second-order valence-corrected chi connectivity index (χ2v) is 7.74. The average molecular weight is 404 g/mol. The van der Waals surface area contributed by atoms with Crippen LogP contribution in [-0.2, 0) is 10.1 Å². The van der Waals surface area contributed by atoms with Crippen molar-refractivity contribution >= 4 is 16.4 Å². The molecule has 0 unspecified atom stereocenters. The molecule has 0 atom stereocenters. The Labute approximate surface area is 155 Å². The predicted octanol–water partition coefficient (Wildman–Crippen LogP) is 4.51. The number of hydrogen-bond donors (Lipinski definition) is 0. The first-order valence-electron chi connectivity index (χ1n) is 8.18. The normalized spacial score (nSPS) is 14.8. The zero-order valence-electron chi connectivity index (χ0n) is 14.7.